The molecule has 0 bridgehead atoms. The summed E-state index contributed by atoms with van der Waals surface area (Å²) in [6.07, 6.45) is -0.343. The highest BCUT2D eigenvalue weighted by molar-refractivity contribution is 7.93. The minimum absolute atomic E-state index is 0.0902. The maximum atomic E-state index is 12.7. The van der Waals surface area contributed by atoms with Gasteiger partial charge in [0.2, 0.25) is 15.9 Å². The van der Waals surface area contributed by atoms with E-state index in [1.54, 1.807) is 30.3 Å². The van der Waals surface area contributed by atoms with Crippen LogP contribution in [0.3, 0.4) is 0 Å². The number of rotatable bonds is 7. The molecule has 0 aromatic heterocycles. The van der Waals surface area contributed by atoms with Crippen molar-refractivity contribution in [3.8, 4) is 17.2 Å². The molecular formula is C22H24N2O8S. The fourth-order valence-corrected chi connectivity index (χ4v) is 5.65. The normalized spacial score (nSPS) is 18.5. The van der Waals surface area contributed by atoms with Crippen LogP contribution in [-0.2, 0) is 19.6 Å². The van der Waals surface area contributed by atoms with E-state index in [4.69, 9.17) is 18.9 Å². The summed E-state index contributed by atoms with van der Waals surface area (Å²) < 4.78 is 47.1. The van der Waals surface area contributed by atoms with Gasteiger partial charge in [-0.2, -0.15) is 0 Å². The fraction of sp³-hybridized carbons (Fsp3) is 0.364. The Morgan fingerprint density at radius 1 is 1.12 bits per heavy atom. The van der Waals surface area contributed by atoms with Crippen molar-refractivity contribution in [2.24, 2.45) is 0 Å². The van der Waals surface area contributed by atoms with Crippen molar-refractivity contribution in [3.05, 3.63) is 41.5 Å². The average molecular weight is 477 g/mol. The number of nitrogens with one attached hydrogen (secondary N) is 1. The summed E-state index contributed by atoms with van der Waals surface area (Å²) in [7, 11) is 0.957. The molecule has 33 heavy (non-hydrogen) atoms. The lowest BCUT2D eigenvalue weighted by molar-refractivity contribution is -0.118. The summed E-state index contributed by atoms with van der Waals surface area (Å²) in [5.41, 5.74) is 1.63. The smallest absolute Gasteiger partial charge is 0.343 e. The zero-order valence-corrected chi connectivity index (χ0v) is 19.2. The number of cyclic esters (lactones) is 1. The SMILES string of the molecule is COc1cc(NC(=O)C[C@H]2OC(=O)c3c2ccc(OC)c3OC)ccc1N1CCCS1(=O)=O. The Balaban J connectivity index is 1.51. The highest BCUT2D eigenvalue weighted by Crippen LogP contribution is 2.43. The number of carbonyl (C=O) groups is 2. The predicted octanol–water partition coefficient (Wildman–Crippen LogP) is 2.49. The molecule has 2 aromatic rings. The van der Waals surface area contributed by atoms with Gasteiger partial charge < -0.3 is 24.3 Å². The summed E-state index contributed by atoms with van der Waals surface area (Å²) in [5, 5.41) is 2.74. The summed E-state index contributed by atoms with van der Waals surface area (Å²) in [6.45, 7) is 0.380. The summed E-state index contributed by atoms with van der Waals surface area (Å²) in [5.74, 6) is 0.0983. The largest absolute Gasteiger partial charge is 0.494 e. The van der Waals surface area contributed by atoms with E-state index in [-0.39, 0.29) is 29.4 Å². The summed E-state index contributed by atoms with van der Waals surface area (Å²) in [6, 6.07) is 8.09. The van der Waals surface area contributed by atoms with Crippen LogP contribution in [0.2, 0.25) is 0 Å². The van der Waals surface area contributed by atoms with E-state index in [1.165, 1.54) is 25.6 Å². The molecule has 0 spiro atoms. The number of fused-ring (bicyclic) bond motifs is 1. The van der Waals surface area contributed by atoms with E-state index in [2.05, 4.69) is 5.32 Å². The number of esters is 1. The van der Waals surface area contributed by atoms with Gasteiger partial charge in [-0.1, -0.05) is 6.07 Å². The number of anilines is 2. The van der Waals surface area contributed by atoms with Crippen LogP contribution in [0.25, 0.3) is 0 Å². The first-order valence-corrected chi connectivity index (χ1v) is 11.8. The van der Waals surface area contributed by atoms with Crippen molar-refractivity contribution in [1.29, 1.82) is 0 Å². The van der Waals surface area contributed by atoms with E-state index in [9.17, 15) is 18.0 Å². The Bertz CT molecular complexity index is 1210. The van der Waals surface area contributed by atoms with Crippen LogP contribution in [0.1, 0.15) is 34.9 Å². The molecule has 1 fully saturated rings. The first-order chi connectivity index (χ1) is 15.8. The van der Waals surface area contributed by atoms with E-state index in [0.29, 0.717) is 41.4 Å². The van der Waals surface area contributed by atoms with Crippen molar-refractivity contribution in [2.45, 2.75) is 18.9 Å². The first-order valence-electron chi connectivity index (χ1n) is 10.2. The molecule has 1 saturated heterocycles. The van der Waals surface area contributed by atoms with Gasteiger partial charge in [0.25, 0.3) is 0 Å². The Morgan fingerprint density at radius 2 is 1.88 bits per heavy atom. The van der Waals surface area contributed by atoms with Crippen LogP contribution in [0.5, 0.6) is 17.2 Å². The first kappa shape index (κ1) is 22.7. The molecule has 2 aliphatic rings. The lowest BCUT2D eigenvalue weighted by Crippen LogP contribution is -2.25. The molecule has 11 heteroatoms. The number of amides is 1. The second-order valence-corrected chi connectivity index (χ2v) is 9.55. The number of carbonyl (C=O) groups excluding carboxylic acids is 2. The Hall–Kier alpha value is -3.47. The van der Waals surface area contributed by atoms with Gasteiger partial charge in [0.05, 0.1) is 39.2 Å². The molecule has 0 unspecified atom stereocenters. The molecule has 10 nitrogen and oxygen atoms in total. The molecule has 0 aliphatic carbocycles. The van der Waals surface area contributed by atoms with Crippen LogP contribution in [-0.4, -0.2) is 53.9 Å². The standard InChI is InChI=1S/C22H24N2O8S/c1-29-16-8-6-14-17(32-22(26)20(14)21(16)31-3)12-19(25)23-13-5-7-15(18(11-13)30-2)24-9-4-10-33(24,27)28/h5-8,11,17H,4,9-10,12H2,1-3H3,(H,23,25)/t17-/m1/s1. The number of methoxy groups -OCH3 is 3. The van der Waals surface area contributed by atoms with E-state index in [0.717, 1.165) is 0 Å². The molecule has 176 valence electrons. The van der Waals surface area contributed by atoms with Gasteiger partial charge in [0, 0.05) is 23.9 Å². The zero-order valence-electron chi connectivity index (χ0n) is 18.4. The summed E-state index contributed by atoms with van der Waals surface area (Å²) >= 11 is 0. The number of ether oxygens (including phenoxy) is 4. The van der Waals surface area contributed by atoms with Gasteiger partial charge in [0.1, 0.15) is 17.4 Å². The topological polar surface area (TPSA) is 120 Å². The van der Waals surface area contributed by atoms with Gasteiger partial charge in [0.15, 0.2) is 11.5 Å². The molecule has 2 aromatic carbocycles. The summed E-state index contributed by atoms with van der Waals surface area (Å²) in [4.78, 5) is 25.1. The third-order valence-corrected chi connectivity index (χ3v) is 7.44. The maximum Gasteiger partial charge on any atom is 0.343 e. The molecule has 1 N–H and O–H groups in total. The Morgan fingerprint density at radius 3 is 2.52 bits per heavy atom. The Labute approximate surface area is 191 Å². The van der Waals surface area contributed by atoms with Crippen LogP contribution in [0.15, 0.2) is 30.3 Å². The highest BCUT2D eigenvalue weighted by Gasteiger charge is 2.37. The Kier molecular flexibility index (Phi) is 6.07. The third kappa shape index (κ3) is 4.15. The van der Waals surface area contributed by atoms with Crippen LogP contribution in [0, 0.1) is 0 Å². The molecule has 0 radical (unpaired) electrons. The van der Waals surface area contributed by atoms with Crippen LogP contribution in [0.4, 0.5) is 11.4 Å². The number of hydrogen-bond donors (Lipinski definition) is 1. The number of benzene rings is 2. The maximum absolute atomic E-state index is 12.7. The van der Waals surface area contributed by atoms with Crippen molar-refractivity contribution in [2.75, 3.05) is 43.2 Å². The lowest BCUT2D eigenvalue weighted by Gasteiger charge is -2.20. The number of nitrogens with zero attached hydrogens (tertiary/aromatic N) is 1. The molecule has 2 aliphatic heterocycles. The number of hydrogen-bond acceptors (Lipinski definition) is 8. The molecule has 1 atom stereocenters. The minimum Gasteiger partial charge on any atom is -0.494 e. The van der Waals surface area contributed by atoms with Gasteiger partial charge in [-0.15, -0.1) is 0 Å². The third-order valence-electron chi connectivity index (χ3n) is 5.58. The number of sulfonamides is 1. The van der Waals surface area contributed by atoms with Gasteiger partial charge >= 0.3 is 5.97 Å². The zero-order chi connectivity index (χ0) is 23.8. The van der Waals surface area contributed by atoms with Gasteiger partial charge in [-0.05, 0) is 24.6 Å². The van der Waals surface area contributed by atoms with Crippen LogP contribution < -0.4 is 23.8 Å². The van der Waals surface area contributed by atoms with Gasteiger partial charge in [-0.3, -0.25) is 9.10 Å². The monoisotopic (exact) mass is 476 g/mol. The second-order valence-electron chi connectivity index (χ2n) is 7.54. The van der Waals surface area contributed by atoms with Crippen molar-refractivity contribution < 1.29 is 37.0 Å². The fourth-order valence-electron chi connectivity index (χ4n) is 4.08. The van der Waals surface area contributed by atoms with Crippen molar-refractivity contribution in [1.82, 2.24) is 0 Å². The van der Waals surface area contributed by atoms with E-state index in [1.807, 2.05) is 0 Å². The van der Waals surface area contributed by atoms with Gasteiger partial charge in [-0.25, -0.2) is 13.2 Å². The van der Waals surface area contributed by atoms with Crippen molar-refractivity contribution >= 4 is 33.3 Å². The molecule has 4 rings (SSSR count). The quantitative estimate of drug-likeness (QED) is 0.605. The lowest BCUT2D eigenvalue weighted by atomic mass is 10.0. The molecule has 2 heterocycles. The van der Waals surface area contributed by atoms with Crippen molar-refractivity contribution in [3.63, 3.8) is 0 Å². The van der Waals surface area contributed by atoms with Crippen LogP contribution >= 0.6 is 0 Å². The molecule has 0 saturated carbocycles. The van der Waals surface area contributed by atoms with E-state index >= 15 is 0 Å². The molecular weight excluding hydrogens is 452 g/mol. The average Bonchev–Trinajstić information content (AvgIpc) is 3.30. The predicted molar refractivity (Wildman–Crippen MR) is 120 cm³/mol. The highest BCUT2D eigenvalue weighted by atomic mass is 32.2. The minimum atomic E-state index is -3.37. The van der Waals surface area contributed by atoms with E-state index < -0.39 is 22.1 Å². The molecule has 1 amide bonds. The second kappa shape index (κ2) is 8.81.